The minimum Gasteiger partial charge on any atom is -0.493 e. The molecule has 0 bridgehead atoms. The van der Waals surface area contributed by atoms with Gasteiger partial charge in [-0.1, -0.05) is 60.5 Å². The number of rotatable bonds is 6. The summed E-state index contributed by atoms with van der Waals surface area (Å²) in [6.07, 6.45) is 0.969. The second kappa shape index (κ2) is 7.69. The summed E-state index contributed by atoms with van der Waals surface area (Å²) in [5.74, 6) is 0.870. The van der Waals surface area contributed by atoms with Gasteiger partial charge in [0.2, 0.25) is 0 Å². The molecule has 0 amide bonds. The maximum absolute atomic E-state index is 6.36. The van der Waals surface area contributed by atoms with Gasteiger partial charge >= 0.3 is 0 Å². The smallest absolute Gasteiger partial charge is 0.124 e. The number of halogens is 2. The van der Waals surface area contributed by atoms with Crippen molar-refractivity contribution in [3.63, 3.8) is 0 Å². The van der Waals surface area contributed by atoms with E-state index in [9.17, 15) is 0 Å². The van der Waals surface area contributed by atoms with Gasteiger partial charge in [0.25, 0.3) is 0 Å². The number of hydrogen-bond acceptors (Lipinski definition) is 2. The lowest BCUT2D eigenvalue weighted by atomic mass is 9.98. The van der Waals surface area contributed by atoms with Crippen molar-refractivity contribution in [3.05, 3.63) is 63.6 Å². The Bertz CT molecular complexity index is 601. The number of hydrogen-bond donors (Lipinski definition) is 1. The van der Waals surface area contributed by atoms with Crippen molar-refractivity contribution in [2.45, 2.75) is 19.4 Å². The van der Waals surface area contributed by atoms with Crippen LogP contribution in [-0.4, -0.2) is 13.7 Å². The first kappa shape index (κ1) is 16.2. The van der Waals surface area contributed by atoms with Gasteiger partial charge in [0.15, 0.2) is 0 Å². The van der Waals surface area contributed by atoms with Gasteiger partial charge in [0.1, 0.15) is 5.75 Å². The molecule has 0 aliphatic rings. The lowest BCUT2D eigenvalue weighted by Crippen LogP contribution is -2.19. The van der Waals surface area contributed by atoms with Crippen LogP contribution in [0.3, 0.4) is 0 Å². The molecule has 2 nitrogen and oxygen atoms in total. The quantitative estimate of drug-likeness (QED) is 0.799. The van der Waals surface area contributed by atoms with Crippen LogP contribution in [0.15, 0.2) is 42.5 Å². The molecule has 0 heterocycles. The highest BCUT2D eigenvalue weighted by molar-refractivity contribution is 6.42. The molecular formula is C17H19Cl2NO. The summed E-state index contributed by atoms with van der Waals surface area (Å²) in [5, 5.41) is 4.43. The van der Waals surface area contributed by atoms with E-state index >= 15 is 0 Å². The fourth-order valence-corrected chi connectivity index (χ4v) is 2.70. The maximum Gasteiger partial charge on any atom is 0.124 e. The van der Waals surface area contributed by atoms with E-state index < -0.39 is 0 Å². The molecule has 21 heavy (non-hydrogen) atoms. The van der Waals surface area contributed by atoms with Gasteiger partial charge in [-0.3, -0.25) is 0 Å². The Morgan fingerprint density at radius 1 is 1.05 bits per heavy atom. The number of ether oxygens (including phenoxy) is 1. The van der Waals surface area contributed by atoms with Gasteiger partial charge in [-0.15, -0.1) is 0 Å². The van der Waals surface area contributed by atoms with Crippen LogP contribution in [-0.2, 0) is 0 Å². The number of para-hydroxylation sites is 1. The largest absolute Gasteiger partial charge is 0.493 e. The third-order valence-corrected chi connectivity index (χ3v) is 4.11. The topological polar surface area (TPSA) is 21.3 Å². The van der Waals surface area contributed by atoms with E-state index in [1.165, 1.54) is 0 Å². The van der Waals surface area contributed by atoms with E-state index in [1.807, 2.05) is 43.4 Å². The molecule has 2 rings (SSSR count). The SMILES string of the molecule is CCCOc1ccccc1C(NC)c1cccc(Cl)c1Cl. The molecule has 0 spiro atoms. The van der Waals surface area contributed by atoms with Gasteiger partial charge in [-0.25, -0.2) is 0 Å². The first-order valence-corrected chi connectivity index (χ1v) is 7.77. The Kier molecular flexibility index (Phi) is 5.92. The zero-order valence-corrected chi connectivity index (χ0v) is 13.7. The van der Waals surface area contributed by atoms with Crippen LogP contribution in [0.5, 0.6) is 5.75 Å². The van der Waals surface area contributed by atoms with E-state index in [4.69, 9.17) is 27.9 Å². The predicted octanol–water partition coefficient (Wildman–Crippen LogP) is 5.09. The van der Waals surface area contributed by atoms with E-state index in [2.05, 4.69) is 12.2 Å². The van der Waals surface area contributed by atoms with Crippen molar-refractivity contribution in [2.24, 2.45) is 0 Å². The summed E-state index contributed by atoms with van der Waals surface area (Å²) >= 11 is 12.5. The van der Waals surface area contributed by atoms with Crippen molar-refractivity contribution < 1.29 is 4.74 Å². The highest BCUT2D eigenvalue weighted by Crippen LogP contribution is 2.36. The monoisotopic (exact) mass is 323 g/mol. The van der Waals surface area contributed by atoms with Crippen molar-refractivity contribution >= 4 is 23.2 Å². The average molecular weight is 324 g/mol. The molecule has 0 fully saturated rings. The van der Waals surface area contributed by atoms with Gasteiger partial charge in [0.05, 0.1) is 22.7 Å². The number of benzene rings is 2. The van der Waals surface area contributed by atoms with Crippen molar-refractivity contribution in [2.75, 3.05) is 13.7 Å². The van der Waals surface area contributed by atoms with Crippen LogP contribution < -0.4 is 10.1 Å². The van der Waals surface area contributed by atoms with Crippen LogP contribution in [0.25, 0.3) is 0 Å². The van der Waals surface area contributed by atoms with E-state index in [-0.39, 0.29) is 6.04 Å². The van der Waals surface area contributed by atoms with E-state index in [0.29, 0.717) is 16.7 Å². The van der Waals surface area contributed by atoms with Crippen LogP contribution >= 0.6 is 23.2 Å². The molecule has 0 radical (unpaired) electrons. The zero-order valence-electron chi connectivity index (χ0n) is 12.2. The molecule has 4 heteroatoms. The van der Waals surface area contributed by atoms with Crippen LogP contribution in [0.4, 0.5) is 0 Å². The summed E-state index contributed by atoms with van der Waals surface area (Å²) < 4.78 is 5.84. The van der Waals surface area contributed by atoms with E-state index in [1.54, 1.807) is 6.07 Å². The van der Waals surface area contributed by atoms with Crippen molar-refractivity contribution in [3.8, 4) is 5.75 Å². The second-order valence-electron chi connectivity index (χ2n) is 4.75. The Morgan fingerprint density at radius 3 is 2.48 bits per heavy atom. The Labute approximate surface area is 136 Å². The third-order valence-electron chi connectivity index (χ3n) is 3.27. The van der Waals surface area contributed by atoms with Crippen LogP contribution in [0.1, 0.15) is 30.5 Å². The minimum atomic E-state index is -0.0655. The molecule has 0 saturated heterocycles. The van der Waals surface area contributed by atoms with Crippen molar-refractivity contribution in [1.29, 1.82) is 0 Å². The standard InChI is InChI=1S/C17H19Cl2NO/c1-3-11-21-15-10-5-4-7-12(15)17(20-2)13-8-6-9-14(18)16(13)19/h4-10,17,20H,3,11H2,1-2H3. The summed E-state index contributed by atoms with van der Waals surface area (Å²) in [7, 11) is 1.90. The van der Waals surface area contributed by atoms with Crippen LogP contribution in [0, 0.1) is 0 Å². The molecule has 0 aliphatic carbocycles. The number of nitrogens with one attached hydrogen (secondary N) is 1. The van der Waals surface area contributed by atoms with Gasteiger partial charge in [-0.2, -0.15) is 0 Å². The maximum atomic E-state index is 6.36. The Balaban J connectivity index is 2.44. The van der Waals surface area contributed by atoms with Gasteiger partial charge in [-0.05, 0) is 31.2 Å². The van der Waals surface area contributed by atoms with Gasteiger partial charge in [0, 0.05) is 5.56 Å². The Hall–Kier alpha value is -1.22. The summed E-state index contributed by atoms with van der Waals surface area (Å²) in [6.45, 7) is 2.78. The fraction of sp³-hybridized carbons (Fsp3) is 0.294. The molecular weight excluding hydrogens is 305 g/mol. The minimum absolute atomic E-state index is 0.0655. The lowest BCUT2D eigenvalue weighted by molar-refractivity contribution is 0.312. The summed E-state index contributed by atoms with van der Waals surface area (Å²) in [4.78, 5) is 0. The van der Waals surface area contributed by atoms with E-state index in [0.717, 1.165) is 23.3 Å². The first-order valence-electron chi connectivity index (χ1n) is 7.02. The van der Waals surface area contributed by atoms with Crippen LogP contribution in [0.2, 0.25) is 10.0 Å². The molecule has 2 aromatic rings. The summed E-state index contributed by atoms with van der Waals surface area (Å²) in [6, 6.07) is 13.6. The molecule has 1 N–H and O–H groups in total. The fourth-order valence-electron chi connectivity index (χ4n) is 2.28. The molecule has 112 valence electrons. The van der Waals surface area contributed by atoms with Gasteiger partial charge < -0.3 is 10.1 Å². The molecule has 0 aliphatic heterocycles. The first-order chi connectivity index (χ1) is 10.2. The molecule has 2 aromatic carbocycles. The molecule has 0 aromatic heterocycles. The molecule has 0 saturated carbocycles. The third kappa shape index (κ3) is 3.70. The average Bonchev–Trinajstić information content (AvgIpc) is 2.51. The summed E-state index contributed by atoms with van der Waals surface area (Å²) in [5.41, 5.74) is 2.00. The van der Waals surface area contributed by atoms with Crippen molar-refractivity contribution in [1.82, 2.24) is 5.32 Å². The molecule has 1 atom stereocenters. The molecule has 1 unspecified atom stereocenters. The normalized spacial score (nSPS) is 12.2. The second-order valence-corrected chi connectivity index (χ2v) is 5.54. The Morgan fingerprint density at radius 2 is 1.76 bits per heavy atom. The zero-order chi connectivity index (χ0) is 15.2. The lowest BCUT2D eigenvalue weighted by Gasteiger charge is -2.22. The predicted molar refractivity (Wildman–Crippen MR) is 89.6 cm³/mol. The highest BCUT2D eigenvalue weighted by Gasteiger charge is 2.20. The highest BCUT2D eigenvalue weighted by atomic mass is 35.5.